The van der Waals surface area contributed by atoms with Crippen LogP contribution in [-0.4, -0.2) is 72.9 Å². The summed E-state index contributed by atoms with van der Waals surface area (Å²) in [5.74, 6) is 1.12. The number of nitrogens with zero attached hydrogens (tertiary/aromatic N) is 2. The zero-order valence-corrected chi connectivity index (χ0v) is 17.8. The number of aliphatic hydroxyl groups excluding tert-OH is 1. The van der Waals surface area contributed by atoms with Crippen molar-refractivity contribution in [2.75, 3.05) is 46.0 Å². The molecular formula is C25H30N2O4. The van der Waals surface area contributed by atoms with E-state index >= 15 is 0 Å². The molecule has 0 radical (unpaired) electrons. The highest BCUT2D eigenvalue weighted by Crippen LogP contribution is 2.27. The molecule has 0 aliphatic carbocycles. The quantitative estimate of drug-likeness (QED) is 0.773. The maximum absolute atomic E-state index is 13.2. The third-order valence-corrected chi connectivity index (χ3v) is 6.52. The van der Waals surface area contributed by atoms with E-state index < -0.39 is 6.10 Å². The Hall–Kier alpha value is -2.41. The minimum absolute atomic E-state index is 0.0535. The van der Waals surface area contributed by atoms with Gasteiger partial charge in [0.1, 0.15) is 12.4 Å². The fourth-order valence-electron chi connectivity index (χ4n) is 4.76. The Morgan fingerprint density at radius 3 is 2.71 bits per heavy atom. The Bertz CT molecular complexity index is 943. The standard InChI is InChI=1S/C25H30N2O4/c28-22(14-26-8-7-20-3-1-2-4-21(20)13-26)15-27-9-10-31-24-6-5-18(11-19-16-30-17-19)12-23(24)25(27)29/h1-6,12,19,22,28H,7-11,13-17H2. The van der Waals surface area contributed by atoms with Gasteiger partial charge in [-0.1, -0.05) is 30.3 Å². The molecule has 5 rings (SSSR count). The van der Waals surface area contributed by atoms with Gasteiger partial charge in [0.2, 0.25) is 0 Å². The van der Waals surface area contributed by atoms with Crippen LogP contribution in [0.2, 0.25) is 0 Å². The fraction of sp³-hybridized carbons (Fsp3) is 0.480. The van der Waals surface area contributed by atoms with Gasteiger partial charge in [-0.3, -0.25) is 9.69 Å². The lowest BCUT2D eigenvalue weighted by atomic mass is 9.96. The Morgan fingerprint density at radius 2 is 1.90 bits per heavy atom. The highest BCUT2D eigenvalue weighted by molar-refractivity contribution is 5.97. The molecular weight excluding hydrogens is 392 g/mol. The first kappa shape index (κ1) is 20.5. The van der Waals surface area contributed by atoms with Gasteiger partial charge in [0.05, 0.1) is 31.4 Å². The van der Waals surface area contributed by atoms with Crippen molar-refractivity contribution in [1.82, 2.24) is 9.80 Å². The van der Waals surface area contributed by atoms with Crippen molar-refractivity contribution in [3.8, 4) is 5.75 Å². The molecule has 2 aromatic carbocycles. The first-order chi connectivity index (χ1) is 15.2. The molecule has 6 nitrogen and oxygen atoms in total. The fourth-order valence-corrected chi connectivity index (χ4v) is 4.76. The molecule has 1 atom stereocenters. The molecule has 1 amide bonds. The molecule has 3 aliphatic heterocycles. The Labute approximate surface area is 183 Å². The van der Waals surface area contributed by atoms with Gasteiger partial charge in [-0.25, -0.2) is 0 Å². The molecule has 0 saturated carbocycles. The normalized spacial score (nSPS) is 20.3. The van der Waals surface area contributed by atoms with Gasteiger partial charge in [0.25, 0.3) is 5.91 Å². The van der Waals surface area contributed by atoms with Crippen LogP contribution >= 0.6 is 0 Å². The second kappa shape index (κ2) is 8.99. The van der Waals surface area contributed by atoms with Gasteiger partial charge in [0, 0.05) is 32.1 Å². The van der Waals surface area contributed by atoms with Crippen LogP contribution in [0.5, 0.6) is 5.75 Å². The summed E-state index contributed by atoms with van der Waals surface area (Å²) in [5.41, 5.74) is 4.47. The number of amides is 1. The first-order valence-electron chi connectivity index (χ1n) is 11.3. The minimum Gasteiger partial charge on any atom is -0.491 e. The molecule has 1 N–H and O–H groups in total. The van der Waals surface area contributed by atoms with E-state index in [0.29, 0.717) is 43.5 Å². The third kappa shape index (κ3) is 4.61. The van der Waals surface area contributed by atoms with E-state index in [0.717, 1.165) is 44.7 Å². The maximum Gasteiger partial charge on any atom is 0.257 e. The summed E-state index contributed by atoms with van der Waals surface area (Å²) in [4.78, 5) is 17.3. The number of hydrogen-bond acceptors (Lipinski definition) is 5. The van der Waals surface area contributed by atoms with Gasteiger partial charge >= 0.3 is 0 Å². The summed E-state index contributed by atoms with van der Waals surface area (Å²) in [5, 5.41) is 10.8. The summed E-state index contributed by atoms with van der Waals surface area (Å²) < 4.78 is 11.1. The van der Waals surface area contributed by atoms with Crippen molar-refractivity contribution in [1.29, 1.82) is 0 Å². The monoisotopic (exact) mass is 422 g/mol. The molecule has 0 spiro atoms. The predicted molar refractivity (Wildman–Crippen MR) is 117 cm³/mol. The number of rotatable bonds is 6. The van der Waals surface area contributed by atoms with Gasteiger partial charge in [-0.2, -0.15) is 0 Å². The number of carbonyl (C=O) groups excluding carboxylic acids is 1. The lowest BCUT2D eigenvalue weighted by Crippen LogP contribution is -2.44. The first-order valence-corrected chi connectivity index (χ1v) is 11.3. The molecule has 1 fully saturated rings. The molecule has 31 heavy (non-hydrogen) atoms. The van der Waals surface area contributed by atoms with Crippen LogP contribution in [0.15, 0.2) is 42.5 Å². The van der Waals surface area contributed by atoms with E-state index in [9.17, 15) is 9.90 Å². The predicted octanol–water partition coefficient (Wildman–Crippen LogP) is 2.13. The molecule has 1 unspecified atom stereocenters. The van der Waals surface area contributed by atoms with Crippen molar-refractivity contribution in [3.05, 3.63) is 64.7 Å². The SMILES string of the molecule is O=C1c2cc(CC3COC3)ccc2OCCN1CC(O)CN1CCc2ccccc2C1. The lowest BCUT2D eigenvalue weighted by molar-refractivity contribution is -0.0312. The molecule has 0 bridgehead atoms. The van der Waals surface area contributed by atoms with Crippen LogP contribution in [0.4, 0.5) is 0 Å². The van der Waals surface area contributed by atoms with Gasteiger partial charge in [-0.05, 0) is 41.7 Å². The second-order valence-electron chi connectivity index (χ2n) is 8.95. The van der Waals surface area contributed by atoms with Gasteiger partial charge in [-0.15, -0.1) is 0 Å². The van der Waals surface area contributed by atoms with Crippen LogP contribution in [-0.2, 0) is 24.1 Å². The number of fused-ring (bicyclic) bond motifs is 2. The molecule has 2 aromatic rings. The zero-order chi connectivity index (χ0) is 21.2. The van der Waals surface area contributed by atoms with E-state index in [1.807, 2.05) is 18.2 Å². The summed E-state index contributed by atoms with van der Waals surface area (Å²) in [6, 6.07) is 14.4. The highest BCUT2D eigenvalue weighted by Gasteiger charge is 2.28. The number of aliphatic hydroxyl groups is 1. The maximum atomic E-state index is 13.2. The minimum atomic E-state index is -0.592. The van der Waals surface area contributed by atoms with E-state index in [1.165, 1.54) is 11.1 Å². The Morgan fingerprint density at radius 1 is 1.06 bits per heavy atom. The zero-order valence-electron chi connectivity index (χ0n) is 17.8. The van der Waals surface area contributed by atoms with Crippen molar-refractivity contribution in [3.63, 3.8) is 0 Å². The average molecular weight is 423 g/mol. The summed E-state index contributed by atoms with van der Waals surface area (Å²) in [7, 11) is 0. The number of carbonyl (C=O) groups is 1. The van der Waals surface area contributed by atoms with Crippen molar-refractivity contribution in [2.45, 2.75) is 25.5 Å². The van der Waals surface area contributed by atoms with E-state index in [1.54, 1.807) is 4.90 Å². The number of benzene rings is 2. The van der Waals surface area contributed by atoms with E-state index in [-0.39, 0.29) is 5.91 Å². The Kier molecular flexibility index (Phi) is 5.94. The van der Waals surface area contributed by atoms with Crippen LogP contribution in [0.1, 0.15) is 27.0 Å². The van der Waals surface area contributed by atoms with Gasteiger partial charge < -0.3 is 19.5 Å². The number of ether oxygens (including phenoxy) is 2. The topological polar surface area (TPSA) is 62.2 Å². The van der Waals surface area contributed by atoms with E-state index in [2.05, 4.69) is 29.2 Å². The van der Waals surface area contributed by atoms with Crippen molar-refractivity contribution < 1.29 is 19.4 Å². The summed E-state index contributed by atoms with van der Waals surface area (Å²) in [6.45, 7) is 5.18. The van der Waals surface area contributed by atoms with Crippen LogP contribution in [0, 0.1) is 5.92 Å². The third-order valence-electron chi connectivity index (χ3n) is 6.52. The summed E-state index contributed by atoms with van der Waals surface area (Å²) in [6.07, 6.45) is 1.33. The van der Waals surface area contributed by atoms with Crippen molar-refractivity contribution in [2.24, 2.45) is 5.92 Å². The lowest BCUT2D eigenvalue weighted by Gasteiger charge is -2.32. The van der Waals surface area contributed by atoms with E-state index in [4.69, 9.17) is 9.47 Å². The van der Waals surface area contributed by atoms with Crippen molar-refractivity contribution >= 4 is 5.91 Å². The average Bonchev–Trinajstić information content (AvgIpc) is 2.89. The summed E-state index contributed by atoms with van der Waals surface area (Å²) >= 11 is 0. The van der Waals surface area contributed by atoms with Crippen LogP contribution in [0.3, 0.4) is 0 Å². The molecule has 1 saturated heterocycles. The van der Waals surface area contributed by atoms with Crippen LogP contribution in [0.25, 0.3) is 0 Å². The smallest absolute Gasteiger partial charge is 0.257 e. The largest absolute Gasteiger partial charge is 0.491 e. The molecule has 164 valence electrons. The second-order valence-corrected chi connectivity index (χ2v) is 8.95. The Balaban J connectivity index is 1.22. The molecule has 0 aromatic heterocycles. The molecule has 6 heteroatoms. The molecule has 3 heterocycles. The highest BCUT2D eigenvalue weighted by atomic mass is 16.5. The molecule has 3 aliphatic rings. The number of β-amino-alcohol motifs (C(OH)–C–C–N with tert-alkyl or cyclic N) is 1. The van der Waals surface area contributed by atoms with Crippen LogP contribution < -0.4 is 4.74 Å². The van der Waals surface area contributed by atoms with Gasteiger partial charge in [0.15, 0.2) is 0 Å². The number of hydrogen-bond donors (Lipinski definition) is 1.